The van der Waals surface area contributed by atoms with Gasteiger partial charge in [-0.25, -0.2) is 0 Å². The van der Waals surface area contributed by atoms with E-state index < -0.39 is 0 Å². The molecule has 0 aromatic heterocycles. The maximum Gasteiger partial charge on any atom is 0.193 e. The summed E-state index contributed by atoms with van der Waals surface area (Å²) >= 11 is 0. The second kappa shape index (κ2) is 14.2. The highest BCUT2D eigenvalue weighted by Crippen LogP contribution is 2.21. The third-order valence-electron chi connectivity index (χ3n) is 5.94. The summed E-state index contributed by atoms with van der Waals surface area (Å²) in [6.45, 7) is 6.61. The molecule has 2 heterocycles. The van der Waals surface area contributed by atoms with Gasteiger partial charge in [0.25, 0.3) is 0 Å². The zero-order valence-corrected chi connectivity index (χ0v) is 20.2. The molecule has 2 saturated heterocycles. The second-order valence-electron chi connectivity index (χ2n) is 8.08. The standard InChI is InChI=1S/C23H37N3O2.HI/c1-24-23(25-12-5-15-28-19-22-10-16-27-17-11-22)26-13-8-21(9-14-26)18-20-6-3-2-4-7-20;/h2-4,6-7,21-22H,5,8-19H2,1H3,(H,24,25);1H. The van der Waals surface area contributed by atoms with Crippen LogP contribution in [0.25, 0.3) is 0 Å². The number of guanidine groups is 1. The van der Waals surface area contributed by atoms with Gasteiger partial charge in [-0.05, 0) is 55.9 Å². The lowest BCUT2D eigenvalue weighted by atomic mass is 9.90. The highest BCUT2D eigenvalue weighted by molar-refractivity contribution is 14.0. The van der Waals surface area contributed by atoms with Gasteiger partial charge in [0.1, 0.15) is 0 Å². The van der Waals surface area contributed by atoms with Crippen LogP contribution in [0, 0.1) is 11.8 Å². The van der Waals surface area contributed by atoms with Gasteiger partial charge in [-0.3, -0.25) is 4.99 Å². The molecule has 2 fully saturated rings. The van der Waals surface area contributed by atoms with Crippen molar-refractivity contribution in [1.82, 2.24) is 10.2 Å². The molecule has 3 rings (SSSR count). The molecule has 0 atom stereocenters. The lowest BCUT2D eigenvalue weighted by Gasteiger charge is -2.34. The Morgan fingerprint density at radius 1 is 1.10 bits per heavy atom. The predicted octanol–water partition coefficient (Wildman–Crippen LogP) is 3.97. The average Bonchev–Trinajstić information content (AvgIpc) is 2.75. The summed E-state index contributed by atoms with van der Waals surface area (Å²) in [5, 5.41) is 3.52. The third kappa shape index (κ3) is 8.80. The number of hydrogen-bond acceptors (Lipinski definition) is 3. The summed E-state index contributed by atoms with van der Waals surface area (Å²) in [4.78, 5) is 6.90. The van der Waals surface area contributed by atoms with Gasteiger partial charge >= 0.3 is 0 Å². The summed E-state index contributed by atoms with van der Waals surface area (Å²) < 4.78 is 11.2. The molecule has 0 amide bonds. The molecule has 1 N–H and O–H groups in total. The Hall–Kier alpha value is -0.860. The smallest absolute Gasteiger partial charge is 0.193 e. The molecule has 0 unspecified atom stereocenters. The van der Waals surface area contributed by atoms with Crippen molar-refractivity contribution in [2.45, 2.75) is 38.5 Å². The Morgan fingerprint density at radius 3 is 2.52 bits per heavy atom. The van der Waals surface area contributed by atoms with E-state index in [9.17, 15) is 0 Å². The van der Waals surface area contributed by atoms with Crippen molar-refractivity contribution in [3.63, 3.8) is 0 Å². The van der Waals surface area contributed by atoms with E-state index in [4.69, 9.17) is 9.47 Å². The number of likely N-dealkylation sites (tertiary alicyclic amines) is 1. The van der Waals surface area contributed by atoms with Gasteiger partial charge in [0.15, 0.2) is 5.96 Å². The average molecular weight is 515 g/mol. The zero-order chi connectivity index (χ0) is 19.4. The first-order valence-electron chi connectivity index (χ1n) is 11.0. The molecule has 0 saturated carbocycles. The van der Waals surface area contributed by atoms with Crippen molar-refractivity contribution in [2.24, 2.45) is 16.8 Å². The number of nitrogens with zero attached hydrogens (tertiary/aromatic N) is 2. The SMILES string of the molecule is CN=C(NCCCOCC1CCOCC1)N1CCC(Cc2ccccc2)CC1.I. The minimum absolute atomic E-state index is 0. The summed E-state index contributed by atoms with van der Waals surface area (Å²) in [6, 6.07) is 10.9. The molecular formula is C23H38IN3O2. The molecule has 2 aliphatic heterocycles. The van der Waals surface area contributed by atoms with Gasteiger partial charge < -0.3 is 19.7 Å². The lowest BCUT2D eigenvalue weighted by Crippen LogP contribution is -2.46. The van der Waals surface area contributed by atoms with Gasteiger partial charge in [0, 0.05) is 53.1 Å². The van der Waals surface area contributed by atoms with Crippen LogP contribution < -0.4 is 5.32 Å². The van der Waals surface area contributed by atoms with E-state index in [1.54, 1.807) is 0 Å². The Labute approximate surface area is 193 Å². The Balaban J connectivity index is 0.00000300. The number of rotatable bonds is 8. The van der Waals surface area contributed by atoms with E-state index in [1.165, 1.54) is 24.8 Å². The van der Waals surface area contributed by atoms with Gasteiger partial charge in [-0.1, -0.05) is 30.3 Å². The number of piperidine rings is 1. The first-order chi connectivity index (χ1) is 13.8. The highest BCUT2D eigenvalue weighted by Gasteiger charge is 2.21. The van der Waals surface area contributed by atoms with Gasteiger partial charge in [-0.2, -0.15) is 0 Å². The van der Waals surface area contributed by atoms with Gasteiger partial charge in [0.2, 0.25) is 0 Å². The normalized spacial score (nSPS) is 19.1. The number of nitrogens with one attached hydrogen (secondary N) is 1. The van der Waals surface area contributed by atoms with E-state index in [-0.39, 0.29) is 24.0 Å². The lowest BCUT2D eigenvalue weighted by molar-refractivity contribution is 0.0203. The maximum atomic E-state index is 5.86. The van der Waals surface area contributed by atoms with E-state index in [0.29, 0.717) is 5.92 Å². The monoisotopic (exact) mass is 515 g/mol. The molecule has 0 bridgehead atoms. The minimum atomic E-state index is 0. The van der Waals surface area contributed by atoms with Crippen molar-refractivity contribution in [3.05, 3.63) is 35.9 Å². The molecule has 5 nitrogen and oxygen atoms in total. The second-order valence-corrected chi connectivity index (χ2v) is 8.08. The number of hydrogen-bond donors (Lipinski definition) is 1. The van der Waals surface area contributed by atoms with E-state index in [2.05, 4.69) is 45.5 Å². The summed E-state index contributed by atoms with van der Waals surface area (Å²) in [6.07, 6.45) is 6.99. The molecule has 2 aliphatic rings. The number of benzene rings is 1. The van der Waals surface area contributed by atoms with Crippen LogP contribution in [-0.2, 0) is 15.9 Å². The predicted molar refractivity (Wildman–Crippen MR) is 130 cm³/mol. The van der Waals surface area contributed by atoms with Gasteiger partial charge in [0.05, 0.1) is 0 Å². The molecular weight excluding hydrogens is 477 g/mol. The quantitative estimate of drug-likeness (QED) is 0.247. The number of aliphatic imine (C=N–C) groups is 1. The van der Waals surface area contributed by atoms with Crippen molar-refractivity contribution in [1.29, 1.82) is 0 Å². The van der Waals surface area contributed by atoms with Crippen molar-refractivity contribution < 1.29 is 9.47 Å². The minimum Gasteiger partial charge on any atom is -0.381 e. The Morgan fingerprint density at radius 2 is 1.83 bits per heavy atom. The first kappa shape index (κ1) is 24.4. The topological polar surface area (TPSA) is 46.1 Å². The molecule has 6 heteroatoms. The van der Waals surface area contributed by atoms with Crippen molar-refractivity contribution in [3.8, 4) is 0 Å². The molecule has 0 spiro atoms. The molecule has 1 aromatic rings. The van der Waals surface area contributed by atoms with Crippen LogP contribution in [0.15, 0.2) is 35.3 Å². The summed E-state index contributed by atoms with van der Waals surface area (Å²) in [5.41, 5.74) is 1.46. The van der Waals surface area contributed by atoms with E-state index in [0.717, 1.165) is 77.2 Å². The van der Waals surface area contributed by atoms with Crippen LogP contribution in [0.5, 0.6) is 0 Å². The van der Waals surface area contributed by atoms with Crippen LogP contribution in [0.3, 0.4) is 0 Å². The Bertz CT molecular complexity index is 571. The Kier molecular flexibility index (Phi) is 12.0. The highest BCUT2D eigenvalue weighted by atomic mass is 127. The zero-order valence-electron chi connectivity index (χ0n) is 17.9. The van der Waals surface area contributed by atoms with Crippen LogP contribution >= 0.6 is 24.0 Å². The van der Waals surface area contributed by atoms with Crippen LogP contribution in [-0.4, -0.2) is 64.0 Å². The van der Waals surface area contributed by atoms with Crippen molar-refractivity contribution >= 4 is 29.9 Å². The first-order valence-corrected chi connectivity index (χ1v) is 11.0. The molecule has 0 aliphatic carbocycles. The fourth-order valence-corrected chi connectivity index (χ4v) is 4.17. The third-order valence-corrected chi connectivity index (χ3v) is 5.94. The van der Waals surface area contributed by atoms with Crippen LogP contribution in [0.2, 0.25) is 0 Å². The molecule has 1 aromatic carbocycles. The van der Waals surface area contributed by atoms with Gasteiger partial charge in [-0.15, -0.1) is 24.0 Å². The van der Waals surface area contributed by atoms with E-state index in [1.807, 2.05) is 7.05 Å². The van der Waals surface area contributed by atoms with Crippen LogP contribution in [0.1, 0.15) is 37.7 Å². The molecule has 29 heavy (non-hydrogen) atoms. The fraction of sp³-hybridized carbons (Fsp3) is 0.696. The summed E-state index contributed by atoms with van der Waals surface area (Å²) in [5.74, 6) is 2.52. The number of halogens is 1. The summed E-state index contributed by atoms with van der Waals surface area (Å²) in [7, 11) is 1.89. The van der Waals surface area contributed by atoms with Crippen molar-refractivity contribution in [2.75, 3.05) is 53.1 Å². The fourth-order valence-electron chi connectivity index (χ4n) is 4.17. The van der Waals surface area contributed by atoms with Crippen LogP contribution in [0.4, 0.5) is 0 Å². The number of ether oxygens (including phenoxy) is 2. The largest absolute Gasteiger partial charge is 0.381 e. The molecule has 0 radical (unpaired) electrons. The maximum absolute atomic E-state index is 5.86. The molecule has 164 valence electrons. The van der Waals surface area contributed by atoms with E-state index >= 15 is 0 Å².